The third kappa shape index (κ3) is 3.48. The average molecular weight is 240 g/mol. The highest BCUT2D eigenvalue weighted by atomic mass is 32.2. The summed E-state index contributed by atoms with van der Waals surface area (Å²) in [4.78, 5) is 10.5. The molecule has 0 spiro atoms. The Morgan fingerprint density at radius 1 is 1.31 bits per heavy atom. The minimum atomic E-state index is -3.75. The molecule has 0 unspecified atom stereocenters. The Bertz CT molecular complexity index is 521. The topological polar surface area (TPSA) is 103 Å². The van der Waals surface area contributed by atoms with E-state index in [0.29, 0.717) is 5.56 Å². The van der Waals surface area contributed by atoms with Gasteiger partial charge in [-0.2, -0.15) is 0 Å². The van der Waals surface area contributed by atoms with Crippen molar-refractivity contribution in [1.29, 1.82) is 0 Å². The van der Waals surface area contributed by atoms with Gasteiger partial charge in [0.25, 0.3) is 0 Å². The van der Waals surface area contributed by atoms with Crippen molar-refractivity contribution in [3.8, 4) is 0 Å². The van der Waals surface area contributed by atoms with E-state index < -0.39 is 15.9 Å². The number of hydrogen-bond acceptors (Lipinski definition) is 3. The monoisotopic (exact) mass is 240 g/mol. The molecule has 0 aromatic heterocycles. The Morgan fingerprint density at radius 3 is 2.50 bits per heavy atom. The summed E-state index contributed by atoms with van der Waals surface area (Å²) >= 11 is 0. The van der Waals surface area contributed by atoms with Crippen LogP contribution >= 0.6 is 0 Å². The summed E-state index contributed by atoms with van der Waals surface area (Å²) in [6.07, 6.45) is 3.05. The summed E-state index contributed by atoms with van der Waals surface area (Å²) in [6.45, 7) is 0. The Labute approximate surface area is 93.8 Å². The maximum absolute atomic E-state index is 11.2. The van der Waals surface area contributed by atoms with Crippen LogP contribution in [0.1, 0.15) is 12.0 Å². The van der Waals surface area contributed by atoms with Crippen LogP contribution in [0.3, 0.4) is 0 Å². The summed E-state index contributed by atoms with van der Waals surface area (Å²) < 4.78 is 22.4. The van der Waals surface area contributed by atoms with E-state index in [1.807, 2.05) is 0 Å². The lowest BCUT2D eigenvalue weighted by Gasteiger charge is -2.02. The molecular weight excluding hydrogens is 228 g/mol. The van der Waals surface area contributed by atoms with Gasteiger partial charge in [-0.3, -0.25) is 4.79 Å². The first-order valence-electron chi connectivity index (χ1n) is 4.48. The zero-order valence-electron chi connectivity index (χ0n) is 8.46. The molecule has 1 aromatic rings. The van der Waals surface area contributed by atoms with Crippen LogP contribution in [0.15, 0.2) is 35.2 Å². The first-order valence-corrected chi connectivity index (χ1v) is 6.02. The molecule has 0 aliphatic heterocycles. The van der Waals surface area contributed by atoms with Crippen molar-refractivity contribution in [2.45, 2.75) is 11.3 Å². The van der Waals surface area contributed by atoms with Gasteiger partial charge in [0, 0.05) is 6.42 Å². The van der Waals surface area contributed by atoms with E-state index in [1.165, 1.54) is 18.2 Å². The predicted octanol–water partition coefficient (Wildman–Crippen LogP) is 0.223. The largest absolute Gasteiger partial charge is 0.369 e. The third-order valence-corrected chi connectivity index (χ3v) is 2.83. The van der Waals surface area contributed by atoms with Crippen molar-refractivity contribution in [3.63, 3.8) is 0 Å². The minimum absolute atomic E-state index is 0.0238. The SMILES string of the molecule is NC(=O)CC=Cc1ccccc1S(N)(=O)=O. The van der Waals surface area contributed by atoms with Crippen molar-refractivity contribution in [2.75, 3.05) is 0 Å². The van der Waals surface area contributed by atoms with Crippen LogP contribution in [-0.2, 0) is 14.8 Å². The smallest absolute Gasteiger partial charge is 0.238 e. The number of primary amides is 1. The van der Waals surface area contributed by atoms with Gasteiger partial charge in [-0.15, -0.1) is 0 Å². The molecule has 0 aliphatic rings. The van der Waals surface area contributed by atoms with Gasteiger partial charge in [0.15, 0.2) is 0 Å². The summed E-state index contributed by atoms with van der Waals surface area (Å²) in [5.74, 6) is -0.482. The fourth-order valence-corrected chi connectivity index (χ4v) is 1.91. The van der Waals surface area contributed by atoms with E-state index in [2.05, 4.69) is 0 Å². The molecular formula is C10H12N2O3S. The molecule has 0 saturated carbocycles. The van der Waals surface area contributed by atoms with Gasteiger partial charge in [-0.1, -0.05) is 30.4 Å². The van der Waals surface area contributed by atoms with E-state index in [9.17, 15) is 13.2 Å². The highest BCUT2D eigenvalue weighted by Gasteiger charge is 2.10. The lowest BCUT2D eigenvalue weighted by Crippen LogP contribution is -2.13. The van der Waals surface area contributed by atoms with E-state index in [1.54, 1.807) is 18.2 Å². The van der Waals surface area contributed by atoms with Crippen LogP contribution in [0.2, 0.25) is 0 Å². The lowest BCUT2D eigenvalue weighted by molar-refractivity contribution is -0.117. The van der Waals surface area contributed by atoms with Crippen molar-refractivity contribution in [3.05, 3.63) is 35.9 Å². The number of rotatable bonds is 4. The van der Waals surface area contributed by atoms with E-state index in [-0.39, 0.29) is 11.3 Å². The molecule has 0 fully saturated rings. The highest BCUT2D eigenvalue weighted by Crippen LogP contribution is 2.15. The second kappa shape index (κ2) is 4.91. The van der Waals surface area contributed by atoms with Gasteiger partial charge in [-0.25, -0.2) is 13.6 Å². The number of carbonyl (C=O) groups is 1. The zero-order chi connectivity index (χ0) is 12.2. The van der Waals surface area contributed by atoms with E-state index in [0.717, 1.165) is 0 Å². The molecule has 16 heavy (non-hydrogen) atoms. The van der Waals surface area contributed by atoms with Crippen molar-refractivity contribution in [1.82, 2.24) is 0 Å². The molecule has 0 radical (unpaired) electrons. The molecule has 1 aromatic carbocycles. The number of sulfonamides is 1. The van der Waals surface area contributed by atoms with E-state index in [4.69, 9.17) is 10.9 Å². The first-order chi connectivity index (χ1) is 7.41. The van der Waals surface area contributed by atoms with Crippen LogP contribution in [0, 0.1) is 0 Å². The molecule has 86 valence electrons. The lowest BCUT2D eigenvalue weighted by atomic mass is 10.2. The highest BCUT2D eigenvalue weighted by molar-refractivity contribution is 7.89. The van der Waals surface area contributed by atoms with Gasteiger partial charge in [0.2, 0.25) is 15.9 Å². The molecule has 6 heteroatoms. The molecule has 0 heterocycles. The summed E-state index contributed by atoms with van der Waals surface area (Å²) in [6, 6.07) is 6.25. The van der Waals surface area contributed by atoms with E-state index >= 15 is 0 Å². The fraction of sp³-hybridized carbons (Fsp3) is 0.100. The molecule has 0 aliphatic carbocycles. The van der Waals surface area contributed by atoms with Gasteiger partial charge < -0.3 is 5.73 Å². The molecule has 0 saturated heterocycles. The van der Waals surface area contributed by atoms with Crippen molar-refractivity contribution < 1.29 is 13.2 Å². The summed E-state index contributed by atoms with van der Waals surface area (Å²) in [7, 11) is -3.75. The molecule has 1 rings (SSSR count). The van der Waals surface area contributed by atoms with Crippen LogP contribution in [0.4, 0.5) is 0 Å². The van der Waals surface area contributed by atoms with Crippen LogP contribution < -0.4 is 10.9 Å². The van der Waals surface area contributed by atoms with Gasteiger partial charge in [0.1, 0.15) is 0 Å². The third-order valence-electron chi connectivity index (χ3n) is 1.84. The number of amides is 1. The standard InChI is InChI=1S/C10H12N2O3S/c11-10(13)7-3-5-8-4-1-2-6-9(8)16(12,14)15/h1-6H,7H2,(H2,11,13)(H2,12,14,15). The number of primary sulfonamides is 1. The maximum Gasteiger partial charge on any atom is 0.238 e. The second-order valence-electron chi connectivity index (χ2n) is 3.16. The van der Waals surface area contributed by atoms with Gasteiger partial charge >= 0.3 is 0 Å². The van der Waals surface area contributed by atoms with Crippen LogP contribution in [-0.4, -0.2) is 14.3 Å². The Morgan fingerprint density at radius 2 is 1.94 bits per heavy atom. The molecule has 4 N–H and O–H groups in total. The van der Waals surface area contributed by atoms with Crippen molar-refractivity contribution >= 4 is 22.0 Å². The second-order valence-corrected chi connectivity index (χ2v) is 4.69. The summed E-state index contributed by atoms with van der Waals surface area (Å²) in [5, 5.41) is 5.04. The van der Waals surface area contributed by atoms with Crippen LogP contribution in [0.5, 0.6) is 0 Å². The zero-order valence-corrected chi connectivity index (χ0v) is 9.28. The van der Waals surface area contributed by atoms with Crippen molar-refractivity contribution in [2.24, 2.45) is 10.9 Å². The quantitative estimate of drug-likeness (QED) is 0.786. The molecule has 0 atom stereocenters. The first kappa shape index (κ1) is 12.4. The fourth-order valence-electron chi connectivity index (χ4n) is 1.18. The molecule has 0 bridgehead atoms. The molecule has 1 amide bonds. The predicted molar refractivity (Wildman–Crippen MR) is 60.7 cm³/mol. The van der Waals surface area contributed by atoms with Gasteiger partial charge in [0.05, 0.1) is 4.90 Å². The Balaban J connectivity index is 3.06. The number of carbonyl (C=O) groups excluding carboxylic acids is 1. The maximum atomic E-state index is 11.2. The number of nitrogens with two attached hydrogens (primary N) is 2. The number of benzene rings is 1. The Kier molecular flexibility index (Phi) is 3.81. The molecule has 5 nitrogen and oxygen atoms in total. The minimum Gasteiger partial charge on any atom is -0.369 e. The normalized spacial score (nSPS) is 11.8. The Hall–Kier alpha value is -1.66. The van der Waals surface area contributed by atoms with Gasteiger partial charge in [-0.05, 0) is 11.6 Å². The summed E-state index contributed by atoms with van der Waals surface area (Å²) in [5.41, 5.74) is 5.38. The van der Waals surface area contributed by atoms with Crippen LogP contribution in [0.25, 0.3) is 6.08 Å². The number of hydrogen-bond donors (Lipinski definition) is 2. The average Bonchev–Trinajstić information content (AvgIpc) is 2.16.